The van der Waals surface area contributed by atoms with Crippen LogP contribution < -0.4 is 0 Å². The highest BCUT2D eigenvalue weighted by atomic mass is 19.1. The molecule has 0 radical (unpaired) electrons. The maximum Gasteiger partial charge on any atom is 0.256 e. The number of hydrogen-bond donors (Lipinski definition) is 1. The number of carbonyl (C=O) groups excluding carboxylic acids is 1. The topological polar surface area (TPSA) is 74.5 Å². The average molecular weight is 387 g/mol. The molecule has 2 aliphatic heterocycles. The average Bonchev–Trinajstić information content (AvgIpc) is 3.23. The van der Waals surface area contributed by atoms with Crippen molar-refractivity contribution in [1.82, 2.24) is 24.6 Å². The van der Waals surface area contributed by atoms with Gasteiger partial charge in [-0.1, -0.05) is 18.2 Å². The van der Waals surface area contributed by atoms with Gasteiger partial charge in [0.1, 0.15) is 18.5 Å². The zero-order valence-corrected chi connectivity index (χ0v) is 15.9. The summed E-state index contributed by atoms with van der Waals surface area (Å²) < 4.78 is 16.0. The number of piperidine rings is 2. The first kappa shape index (κ1) is 19.0. The van der Waals surface area contributed by atoms with Gasteiger partial charge in [0.15, 0.2) is 5.60 Å². The Kier molecular flexibility index (Phi) is 5.41. The van der Waals surface area contributed by atoms with Gasteiger partial charge in [0, 0.05) is 44.3 Å². The van der Waals surface area contributed by atoms with Crippen molar-refractivity contribution in [2.24, 2.45) is 0 Å². The second-order valence-corrected chi connectivity index (χ2v) is 7.87. The lowest BCUT2D eigenvalue weighted by atomic mass is 9.89. The molecule has 8 heteroatoms. The van der Waals surface area contributed by atoms with Crippen LogP contribution in [0.5, 0.6) is 0 Å². The molecule has 2 aromatic rings. The molecule has 3 heterocycles. The van der Waals surface area contributed by atoms with E-state index in [9.17, 15) is 14.3 Å². The van der Waals surface area contributed by atoms with Gasteiger partial charge in [-0.3, -0.25) is 9.69 Å². The minimum absolute atomic E-state index is 0.198. The van der Waals surface area contributed by atoms with Gasteiger partial charge >= 0.3 is 0 Å². The van der Waals surface area contributed by atoms with E-state index in [1.807, 2.05) is 4.57 Å². The Hall–Kier alpha value is -2.32. The number of benzene rings is 1. The lowest BCUT2D eigenvalue weighted by molar-refractivity contribution is -0.160. The molecule has 0 aliphatic carbocycles. The van der Waals surface area contributed by atoms with Crippen molar-refractivity contribution in [3.63, 3.8) is 0 Å². The lowest BCUT2D eigenvalue weighted by Gasteiger charge is -2.42. The number of aliphatic hydroxyl groups is 1. The Balaban J connectivity index is 1.37. The molecule has 1 amide bonds. The second-order valence-electron chi connectivity index (χ2n) is 7.87. The van der Waals surface area contributed by atoms with Crippen LogP contribution in [0.1, 0.15) is 37.3 Å². The molecule has 2 fully saturated rings. The predicted octanol–water partition coefficient (Wildman–Crippen LogP) is 1.61. The monoisotopic (exact) mass is 387 g/mol. The third-order valence-corrected chi connectivity index (χ3v) is 5.92. The second kappa shape index (κ2) is 7.97. The molecule has 1 aromatic carbocycles. The first-order valence-corrected chi connectivity index (χ1v) is 9.87. The molecule has 2 aliphatic rings. The summed E-state index contributed by atoms with van der Waals surface area (Å²) in [4.78, 5) is 16.7. The molecule has 1 unspecified atom stereocenters. The fourth-order valence-electron chi connectivity index (χ4n) is 4.34. The fraction of sp³-hybridized carbons (Fsp3) is 0.550. The number of nitrogens with zero attached hydrogens (tertiary/aromatic N) is 5. The Morgan fingerprint density at radius 2 is 1.86 bits per heavy atom. The maximum atomic E-state index is 14.0. The predicted molar refractivity (Wildman–Crippen MR) is 101 cm³/mol. The summed E-state index contributed by atoms with van der Waals surface area (Å²) >= 11 is 0. The molecule has 0 saturated carbocycles. The summed E-state index contributed by atoms with van der Waals surface area (Å²) in [5.41, 5.74) is -0.915. The molecule has 1 N–H and O–H groups in total. The third-order valence-electron chi connectivity index (χ3n) is 5.92. The fourth-order valence-corrected chi connectivity index (χ4v) is 4.34. The summed E-state index contributed by atoms with van der Waals surface area (Å²) in [5.74, 6) is -0.608. The van der Waals surface area contributed by atoms with Crippen LogP contribution in [0.25, 0.3) is 0 Å². The molecule has 4 rings (SSSR count). The van der Waals surface area contributed by atoms with Crippen LogP contribution in [0.15, 0.2) is 36.9 Å². The first-order valence-electron chi connectivity index (χ1n) is 9.87. The zero-order chi connectivity index (χ0) is 19.6. The molecule has 1 atom stereocenters. The SMILES string of the molecule is O=C1N(Cc2ccccc2F)CCCC1(O)CN1CCC(n2cnnc2)CC1. The Morgan fingerprint density at radius 1 is 1.14 bits per heavy atom. The summed E-state index contributed by atoms with van der Waals surface area (Å²) in [7, 11) is 0. The number of amides is 1. The lowest BCUT2D eigenvalue weighted by Crippen LogP contribution is -2.59. The van der Waals surface area contributed by atoms with E-state index in [4.69, 9.17) is 0 Å². The van der Waals surface area contributed by atoms with Gasteiger partial charge < -0.3 is 14.6 Å². The summed E-state index contributed by atoms with van der Waals surface area (Å²) in [6, 6.07) is 6.85. The molecule has 0 bridgehead atoms. The van der Waals surface area contributed by atoms with Crippen LogP contribution >= 0.6 is 0 Å². The van der Waals surface area contributed by atoms with Crippen LogP contribution in [0.4, 0.5) is 4.39 Å². The molecule has 28 heavy (non-hydrogen) atoms. The standard InChI is InChI=1S/C20H26FN5O2/c21-18-5-2-1-4-16(18)12-25-9-3-8-20(28,19(25)27)13-24-10-6-17(7-11-24)26-14-22-23-15-26/h1-2,4-5,14-15,17,28H,3,6-13H2. The van der Waals surface area contributed by atoms with Crippen LogP contribution in [0.3, 0.4) is 0 Å². The van der Waals surface area contributed by atoms with Gasteiger partial charge in [-0.15, -0.1) is 10.2 Å². The summed E-state index contributed by atoms with van der Waals surface area (Å²) in [6.07, 6.45) is 6.50. The zero-order valence-electron chi connectivity index (χ0n) is 15.9. The van der Waals surface area contributed by atoms with Crippen molar-refractivity contribution in [2.45, 2.75) is 43.9 Å². The number of likely N-dealkylation sites (tertiary alicyclic amines) is 2. The van der Waals surface area contributed by atoms with E-state index in [2.05, 4.69) is 15.1 Å². The van der Waals surface area contributed by atoms with Crippen molar-refractivity contribution >= 4 is 5.91 Å². The number of hydrogen-bond acceptors (Lipinski definition) is 5. The highest BCUT2D eigenvalue weighted by molar-refractivity contribution is 5.86. The maximum absolute atomic E-state index is 14.0. The van der Waals surface area contributed by atoms with Gasteiger partial charge in [-0.25, -0.2) is 4.39 Å². The Bertz CT molecular complexity index is 807. The molecule has 150 valence electrons. The van der Waals surface area contributed by atoms with Crippen LogP contribution in [-0.4, -0.2) is 67.4 Å². The van der Waals surface area contributed by atoms with Gasteiger partial charge in [0.25, 0.3) is 5.91 Å². The van der Waals surface area contributed by atoms with Crippen molar-refractivity contribution in [1.29, 1.82) is 0 Å². The Morgan fingerprint density at radius 3 is 2.57 bits per heavy atom. The van der Waals surface area contributed by atoms with E-state index in [0.29, 0.717) is 37.5 Å². The summed E-state index contributed by atoms with van der Waals surface area (Å²) in [5, 5.41) is 18.8. The van der Waals surface area contributed by atoms with E-state index >= 15 is 0 Å². The quantitative estimate of drug-likeness (QED) is 0.844. The van der Waals surface area contributed by atoms with Crippen molar-refractivity contribution in [3.05, 3.63) is 48.3 Å². The highest BCUT2D eigenvalue weighted by Crippen LogP contribution is 2.28. The van der Waals surface area contributed by atoms with E-state index < -0.39 is 5.60 Å². The molecule has 2 saturated heterocycles. The van der Waals surface area contributed by atoms with E-state index in [0.717, 1.165) is 25.9 Å². The van der Waals surface area contributed by atoms with E-state index in [1.54, 1.807) is 35.8 Å². The minimum Gasteiger partial charge on any atom is -0.379 e. The molecule has 1 aromatic heterocycles. The van der Waals surface area contributed by atoms with Gasteiger partial charge in [0.2, 0.25) is 0 Å². The number of aromatic nitrogens is 3. The number of carbonyl (C=O) groups is 1. The number of halogens is 1. The number of β-amino-alcohol motifs (C(OH)–C–C–N with tert-alkyl or cyclic N) is 1. The smallest absolute Gasteiger partial charge is 0.256 e. The molecular formula is C20H26FN5O2. The van der Waals surface area contributed by atoms with Gasteiger partial charge in [-0.05, 0) is 31.7 Å². The van der Waals surface area contributed by atoms with Crippen LogP contribution in [0, 0.1) is 5.82 Å². The van der Waals surface area contributed by atoms with Crippen molar-refractivity contribution in [2.75, 3.05) is 26.2 Å². The molecule has 7 nitrogen and oxygen atoms in total. The minimum atomic E-state index is -1.40. The van der Waals surface area contributed by atoms with Crippen molar-refractivity contribution in [3.8, 4) is 0 Å². The first-order chi connectivity index (χ1) is 13.5. The van der Waals surface area contributed by atoms with E-state index in [1.165, 1.54) is 6.07 Å². The third kappa shape index (κ3) is 3.93. The van der Waals surface area contributed by atoms with Crippen LogP contribution in [-0.2, 0) is 11.3 Å². The van der Waals surface area contributed by atoms with Crippen molar-refractivity contribution < 1.29 is 14.3 Å². The number of rotatable bonds is 5. The highest BCUT2D eigenvalue weighted by Gasteiger charge is 2.43. The van der Waals surface area contributed by atoms with E-state index in [-0.39, 0.29) is 18.3 Å². The van der Waals surface area contributed by atoms with Crippen LogP contribution in [0.2, 0.25) is 0 Å². The van der Waals surface area contributed by atoms with Gasteiger partial charge in [0.05, 0.1) is 0 Å². The largest absolute Gasteiger partial charge is 0.379 e. The molecule has 0 spiro atoms. The van der Waals surface area contributed by atoms with Gasteiger partial charge in [-0.2, -0.15) is 0 Å². The molecular weight excluding hydrogens is 361 g/mol. The summed E-state index contributed by atoms with van der Waals surface area (Å²) in [6.45, 7) is 2.70. The Labute approximate surface area is 163 Å². The normalized spacial score (nSPS) is 24.6.